The summed E-state index contributed by atoms with van der Waals surface area (Å²) < 4.78 is -0.347. The maximum atomic E-state index is 5.92. The first-order chi connectivity index (χ1) is 6.11. The van der Waals surface area contributed by atoms with Gasteiger partial charge >= 0.3 is 0 Å². The van der Waals surface area contributed by atoms with Crippen molar-refractivity contribution in [3.8, 4) is 0 Å². The highest BCUT2D eigenvalue weighted by Crippen LogP contribution is 2.20. The molecule has 0 aromatic rings. The predicted molar refractivity (Wildman–Crippen MR) is 66.5 cm³/mol. The summed E-state index contributed by atoms with van der Waals surface area (Å²) in [5, 5.41) is 0.392. The molecule has 2 N–H and O–H groups in total. The van der Waals surface area contributed by atoms with Crippen LogP contribution >= 0.6 is 45.8 Å². The van der Waals surface area contributed by atoms with Crippen LogP contribution in [0.2, 0.25) is 0 Å². The Labute approximate surface area is 101 Å². The Morgan fingerprint density at radius 2 is 2.38 bits per heavy atom. The number of aliphatic imine (C=N–C) groups is 1. The van der Waals surface area contributed by atoms with Crippen LogP contribution in [0.4, 0.5) is 0 Å². The molecule has 0 aliphatic heterocycles. The lowest BCUT2D eigenvalue weighted by Gasteiger charge is -2.10. The van der Waals surface area contributed by atoms with Gasteiger partial charge in [0.15, 0.2) is 3.51 Å². The van der Waals surface area contributed by atoms with Crippen molar-refractivity contribution in [1.82, 2.24) is 0 Å². The molecule has 1 aliphatic rings. The van der Waals surface area contributed by atoms with Crippen LogP contribution in [-0.2, 0) is 0 Å². The van der Waals surface area contributed by atoms with Crippen LogP contribution in [0.5, 0.6) is 0 Å². The van der Waals surface area contributed by atoms with Crippen molar-refractivity contribution in [2.45, 2.75) is 16.3 Å². The molecule has 0 spiro atoms. The summed E-state index contributed by atoms with van der Waals surface area (Å²) in [5.41, 5.74) is 7.36. The molecule has 0 bridgehead atoms. The van der Waals surface area contributed by atoms with E-state index in [4.69, 9.17) is 28.9 Å². The molecule has 0 saturated heterocycles. The Balaban J connectivity index is 2.87. The minimum Gasteiger partial charge on any atom is -0.401 e. The highest BCUT2D eigenvalue weighted by Gasteiger charge is 2.10. The van der Waals surface area contributed by atoms with Crippen LogP contribution in [0, 0.1) is 0 Å². The summed E-state index contributed by atoms with van der Waals surface area (Å²) in [6, 6.07) is 0. The molecular formula is C8H9Cl2IN2. The fourth-order valence-corrected chi connectivity index (χ4v) is 1.91. The van der Waals surface area contributed by atoms with Crippen LogP contribution in [0.3, 0.4) is 0 Å². The summed E-state index contributed by atoms with van der Waals surface area (Å²) >= 11 is 13.6. The van der Waals surface area contributed by atoms with Gasteiger partial charge in [0.2, 0.25) is 0 Å². The van der Waals surface area contributed by atoms with E-state index in [1.807, 2.05) is 34.7 Å². The molecule has 0 aromatic carbocycles. The molecule has 0 saturated carbocycles. The van der Waals surface area contributed by atoms with Gasteiger partial charge in [-0.05, 0) is 35.4 Å². The van der Waals surface area contributed by atoms with Gasteiger partial charge in [-0.15, -0.1) is 0 Å². The van der Waals surface area contributed by atoms with Gasteiger partial charge in [0.1, 0.15) is 5.17 Å². The largest absolute Gasteiger partial charge is 0.401 e. The molecule has 5 heteroatoms. The van der Waals surface area contributed by atoms with E-state index in [1.54, 1.807) is 0 Å². The number of nitrogens with two attached hydrogens (primary N) is 1. The van der Waals surface area contributed by atoms with E-state index in [2.05, 4.69) is 4.99 Å². The topological polar surface area (TPSA) is 38.4 Å². The summed E-state index contributed by atoms with van der Waals surface area (Å²) in [4.78, 5) is 4.00. The Hall–Kier alpha value is 0.260. The Morgan fingerprint density at radius 3 is 2.92 bits per heavy atom. The highest BCUT2D eigenvalue weighted by molar-refractivity contribution is 14.1. The van der Waals surface area contributed by atoms with Gasteiger partial charge in [0.25, 0.3) is 0 Å². The smallest absolute Gasteiger partial charge is 0.175 e. The zero-order chi connectivity index (χ0) is 9.84. The van der Waals surface area contributed by atoms with E-state index in [9.17, 15) is 0 Å². The normalized spacial score (nSPS) is 20.7. The molecule has 0 aromatic heterocycles. The fraction of sp³-hybridized carbons (Fsp3) is 0.375. The Bertz CT molecular complexity index is 282. The average molecular weight is 331 g/mol. The summed E-state index contributed by atoms with van der Waals surface area (Å²) in [6.07, 6.45) is 5.72. The van der Waals surface area contributed by atoms with Crippen LogP contribution < -0.4 is 5.73 Å². The zero-order valence-corrected chi connectivity index (χ0v) is 10.5. The van der Waals surface area contributed by atoms with E-state index >= 15 is 0 Å². The van der Waals surface area contributed by atoms with Crippen molar-refractivity contribution in [1.29, 1.82) is 0 Å². The van der Waals surface area contributed by atoms with Crippen LogP contribution in [0.15, 0.2) is 28.4 Å². The standard InChI is InChI=1S/C8H9Cl2IN2/c9-7(13-8(10)11)5-3-1-2-4-6(5)12/h1,3,8H,2,4,12H2. The number of alkyl halides is 2. The fourth-order valence-electron chi connectivity index (χ4n) is 1.04. The summed E-state index contributed by atoms with van der Waals surface area (Å²) in [6.45, 7) is 0. The zero-order valence-electron chi connectivity index (χ0n) is 6.80. The molecule has 0 heterocycles. The van der Waals surface area contributed by atoms with Gasteiger partial charge < -0.3 is 5.73 Å². The van der Waals surface area contributed by atoms with Crippen LogP contribution in [0.1, 0.15) is 12.8 Å². The van der Waals surface area contributed by atoms with E-state index in [0.29, 0.717) is 5.17 Å². The van der Waals surface area contributed by atoms with E-state index < -0.39 is 0 Å². The minimum absolute atomic E-state index is 0.347. The van der Waals surface area contributed by atoms with Crippen LogP contribution in [-0.4, -0.2) is 8.68 Å². The average Bonchev–Trinajstić information content (AvgIpc) is 2.03. The van der Waals surface area contributed by atoms with Gasteiger partial charge in [-0.25, -0.2) is 4.99 Å². The first-order valence-corrected chi connectivity index (χ1v) is 5.84. The minimum atomic E-state index is -0.347. The maximum absolute atomic E-state index is 5.92. The molecule has 1 atom stereocenters. The molecule has 2 nitrogen and oxygen atoms in total. The van der Waals surface area contributed by atoms with Crippen LogP contribution in [0.25, 0.3) is 0 Å². The molecule has 1 unspecified atom stereocenters. The molecule has 0 radical (unpaired) electrons. The van der Waals surface area contributed by atoms with Gasteiger partial charge in [0, 0.05) is 11.3 Å². The van der Waals surface area contributed by atoms with E-state index in [0.717, 1.165) is 24.1 Å². The molecule has 72 valence electrons. The van der Waals surface area contributed by atoms with Crippen molar-refractivity contribution in [3.05, 3.63) is 23.4 Å². The number of halogens is 3. The van der Waals surface area contributed by atoms with Gasteiger partial charge in [-0.3, -0.25) is 0 Å². The van der Waals surface area contributed by atoms with Gasteiger partial charge in [0.05, 0.1) is 0 Å². The molecule has 1 rings (SSSR count). The first kappa shape index (κ1) is 11.3. The quantitative estimate of drug-likeness (QED) is 0.359. The van der Waals surface area contributed by atoms with Crippen molar-refractivity contribution in [2.75, 3.05) is 0 Å². The molecule has 13 heavy (non-hydrogen) atoms. The third-order valence-electron chi connectivity index (χ3n) is 1.64. The van der Waals surface area contributed by atoms with Crippen molar-refractivity contribution >= 4 is 51.0 Å². The molecule has 0 amide bonds. The predicted octanol–water partition coefficient (Wildman–Crippen LogP) is 3.14. The monoisotopic (exact) mass is 330 g/mol. The summed E-state index contributed by atoms with van der Waals surface area (Å²) in [5.74, 6) is 0. The second kappa shape index (κ2) is 5.22. The van der Waals surface area contributed by atoms with Crippen molar-refractivity contribution in [2.24, 2.45) is 10.7 Å². The summed E-state index contributed by atoms with van der Waals surface area (Å²) in [7, 11) is 0. The lowest BCUT2D eigenvalue weighted by Crippen LogP contribution is -2.09. The number of nitrogens with zero attached hydrogens (tertiary/aromatic N) is 1. The number of rotatable bonds is 2. The third kappa shape index (κ3) is 3.48. The van der Waals surface area contributed by atoms with E-state index in [-0.39, 0.29) is 3.51 Å². The van der Waals surface area contributed by atoms with Gasteiger partial charge in [-0.2, -0.15) is 0 Å². The van der Waals surface area contributed by atoms with Crippen molar-refractivity contribution < 1.29 is 0 Å². The number of hydrogen-bond acceptors (Lipinski definition) is 2. The lowest BCUT2D eigenvalue weighted by atomic mass is 10.0. The highest BCUT2D eigenvalue weighted by atomic mass is 127. The first-order valence-electron chi connectivity index (χ1n) is 3.78. The lowest BCUT2D eigenvalue weighted by molar-refractivity contribution is 0.935. The second-order valence-corrected chi connectivity index (χ2v) is 5.27. The maximum Gasteiger partial charge on any atom is 0.175 e. The Kier molecular flexibility index (Phi) is 4.55. The SMILES string of the molecule is NC1=C(C(Cl)=NC(Cl)I)C=CCC1. The van der Waals surface area contributed by atoms with Crippen molar-refractivity contribution in [3.63, 3.8) is 0 Å². The molecule has 0 fully saturated rings. The molecule has 1 aliphatic carbocycles. The third-order valence-corrected chi connectivity index (χ3v) is 2.32. The Morgan fingerprint density at radius 1 is 1.69 bits per heavy atom. The van der Waals surface area contributed by atoms with Gasteiger partial charge in [-0.1, -0.05) is 35.4 Å². The number of hydrogen-bond donors (Lipinski definition) is 1. The number of allylic oxidation sites excluding steroid dienone is 4. The second-order valence-electron chi connectivity index (χ2n) is 2.58. The molecular weight excluding hydrogens is 322 g/mol. The van der Waals surface area contributed by atoms with E-state index in [1.165, 1.54) is 0 Å².